The van der Waals surface area contributed by atoms with E-state index < -0.39 is 12.1 Å². The number of ether oxygens (including phenoxy) is 1. The molecule has 0 radical (unpaired) electrons. The first kappa shape index (κ1) is 17.7. The number of aromatic carboxylic acids is 1. The van der Waals surface area contributed by atoms with Crippen LogP contribution >= 0.6 is 0 Å². The van der Waals surface area contributed by atoms with Crippen LogP contribution in [0.5, 0.6) is 0 Å². The summed E-state index contributed by atoms with van der Waals surface area (Å²) < 4.78 is 5.57. The van der Waals surface area contributed by atoms with Crippen molar-refractivity contribution in [3.63, 3.8) is 0 Å². The van der Waals surface area contributed by atoms with E-state index in [4.69, 9.17) is 4.74 Å². The summed E-state index contributed by atoms with van der Waals surface area (Å²) in [5.41, 5.74) is 3.11. The molecule has 0 spiro atoms. The van der Waals surface area contributed by atoms with Gasteiger partial charge in [-0.2, -0.15) is 0 Å². The summed E-state index contributed by atoms with van der Waals surface area (Å²) in [5, 5.41) is 11.9. The lowest BCUT2D eigenvalue weighted by molar-refractivity contribution is -0.127. The molecule has 0 fully saturated rings. The van der Waals surface area contributed by atoms with Gasteiger partial charge in [0, 0.05) is 5.69 Å². The maximum atomic E-state index is 12.3. The molecule has 24 heavy (non-hydrogen) atoms. The van der Waals surface area contributed by atoms with E-state index in [-0.39, 0.29) is 11.5 Å². The molecule has 126 valence electrons. The topological polar surface area (TPSA) is 75.6 Å². The Morgan fingerprint density at radius 2 is 1.79 bits per heavy atom. The molecule has 1 atom stereocenters. The fourth-order valence-electron chi connectivity index (χ4n) is 2.32. The van der Waals surface area contributed by atoms with Crippen molar-refractivity contribution >= 4 is 17.6 Å². The van der Waals surface area contributed by atoms with Gasteiger partial charge in [0.15, 0.2) is 0 Å². The number of aryl methyl sites for hydroxylation is 2. The molecule has 0 aliphatic carbocycles. The molecule has 0 aliphatic rings. The quantitative estimate of drug-likeness (QED) is 0.851. The zero-order valence-electron chi connectivity index (χ0n) is 14.0. The third-order valence-corrected chi connectivity index (χ3v) is 3.77. The molecule has 2 aromatic rings. The summed E-state index contributed by atoms with van der Waals surface area (Å²) in [7, 11) is 0. The number of nitrogens with one attached hydrogen (secondary N) is 1. The Bertz CT molecular complexity index is 741. The third-order valence-electron chi connectivity index (χ3n) is 3.77. The van der Waals surface area contributed by atoms with Crippen molar-refractivity contribution in [2.24, 2.45) is 0 Å². The fourth-order valence-corrected chi connectivity index (χ4v) is 2.32. The summed E-state index contributed by atoms with van der Waals surface area (Å²) >= 11 is 0. The maximum Gasteiger partial charge on any atom is 0.336 e. The molecule has 0 bridgehead atoms. The van der Waals surface area contributed by atoms with E-state index >= 15 is 0 Å². The molecule has 2 rings (SSSR count). The SMILES string of the molecule is Cc1cc(C)c(C(=O)O)cc1NC(=O)C(C)OCc1ccccc1. The van der Waals surface area contributed by atoms with Crippen LogP contribution in [0.4, 0.5) is 5.69 Å². The maximum absolute atomic E-state index is 12.3. The standard InChI is InChI=1S/C19H21NO4/c1-12-9-13(2)17(10-16(12)19(22)23)20-18(21)14(3)24-11-15-7-5-4-6-8-15/h4-10,14H,11H2,1-3H3,(H,20,21)(H,22,23). The molecular formula is C19H21NO4. The summed E-state index contributed by atoms with van der Waals surface area (Å²) in [6.45, 7) is 5.56. The van der Waals surface area contributed by atoms with E-state index in [1.807, 2.05) is 37.3 Å². The highest BCUT2D eigenvalue weighted by Gasteiger charge is 2.17. The van der Waals surface area contributed by atoms with Gasteiger partial charge in [0.1, 0.15) is 6.10 Å². The molecule has 2 aromatic carbocycles. The minimum absolute atomic E-state index is 0.175. The smallest absolute Gasteiger partial charge is 0.336 e. The van der Waals surface area contributed by atoms with E-state index in [1.54, 1.807) is 19.9 Å². The second kappa shape index (κ2) is 7.75. The highest BCUT2D eigenvalue weighted by molar-refractivity contribution is 5.97. The molecule has 5 nitrogen and oxygen atoms in total. The Morgan fingerprint density at radius 1 is 1.12 bits per heavy atom. The molecule has 1 amide bonds. The largest absolute Gasteiger partial charge is 0.478 e. The van der Waals surface area contributed by atoms with Crippen molar-refractivity contribution in [3.05, 3.63) is 64.7 Å². The van der Waals surface area contributed by atoms with Gasteiger partial charge in [0.05, 0.1) is 12.2 Å². The monoisotopic (exact) mass is 327 g/mol. The van der Waals surface area contributed by atoms with E-state index in [1.165, 1.54) is 6.07 Å². The first-order valence-corrected chi connectivity index (χ1v) is 7.69. The molecule has 2 N–H and O–H groups in total. The van der Waals surface area contributed by atoms with Gasteiger partial charge in [-0.1, -0.05) is 36.4 Å². The number of carbonyl (C=O) groups is 2. The van der Waals surface area contributed by atoms with Crippen LogP contribution in [0.2, 0.25) is 0 Å². The van der Waals surface area contributed by atoms with Gasteiger partial charge < -0.3 is 15.2 Å². The van der Waals surface area contributed by atoms with Gasteiger partial charge in [-0.05, 0) is 43.5 Å². The van der Waals surface area contributed by atoms with Crippen molar-refractivity contribution in [1.82, 2.24) is 0 Å². The Morgan fingerprint density at radius 3 is 2.42 bits per heavy atom. The normalized spacial score (nSPS) is 11.8. The van der Waals surface area contributed by atoms with Gasteiger partial charge in [-0.3, -0.25) is 4.79 Å². The zero-order chi connectivity index (χ0) is 17.7. The van der Waals surface area contributed by atoms with Crippen LogP contribution in [0, 0.1) is 13.8 Å². The van der Waals surface area contributed by atoms with E-state index in [0.29, 0.717) is 17.9 Å². The number of carbonyl (C=O) groups excluding carboxylic acids is 1. The van der Waals surface area contributed by atoms with Crippen LogP contribution in [0.3, 0.4) is 0 Å². The number of amides is 1. The first-order valence-electron chi connectivity index (χ1n) is 7.69. The lowest BCUT2D eigenvalue weighted by atomic mass is 10.0. The van der Waals surface area contributed by atoms with Gasteiger partial charge in [0.25, 0.3) is 5.91 Å². The van der Waals surface area contributed by atoms with Crippen molar-refractivity contribution < 1.29 is 19.4 Å². The van der Waals surface area contributed by atoms with E-state index in [2.05, 4.69) is 5.32 Å². The number of benzene rings is 2. The van der Waals surface area contributed by atoms with Crippen molar-refractivity contribution in [2.45, 2.75) is 33.5 Å². The number of carboxylic acids is 1. The van der Waals surface area contributed by atoms with Crippen LogP contribution in [-0.4, -0.2) is 23.1 Å². The number of hydrogen-bond acceptors (Lipinski definition) is 3. The Labute approximate surface area is 141 Å². The molecule has 0 aliphatic heterocycles. The second-order valence-electron chi connectivity index (χ2n) is 5.72. The summed E-state index contributed by atoms with van der Waals surface area (Å²) in [6, 6.07) is 12.8. The van der Waals surface area contributed by atoms with Gasteiger partial charge in [-0.15, -0.1) is 0 Å². The Hall–Kier alpha value is -2.66. The first-order chi connectivity index (χ1) is 11.4. The Kier molecular flexibility index (Phi) is 5.71. The molecule has 5 heteroatoms. The number of rotatable bonds is 6. The van der Waals surface area contributed by atoms with Crippen LogP contribution < -0.4 is 5.32 Å². The summed E-state index contributed by atoms with van der Waals surface area (Å²) in [5.74, 6) is -1.33. The summed E-state index contributed by atoms with van der Waals surface area (Å²) in [6.07, 6.45) is -0.654. The molecule has 1 unspecified atom stereocenters. The van der Waals surface area contributed by atoms with Crippen molar-refractivity contribution in [3.8, 4) is 0 Å². The Balaban J connectivity index is 2.03. The lowest BCUT2D eigenvalue weighted by Gasteiger charge is -2.16. The van der Waals surface area contributed by atoms with Crippen LogP contribution in [0.25, 0.3) is 0 Å². The fraction of sp³-hybridized carbons (Fsp3) is 0.263. The molecule has 0 heterocycles. The molecule has 0 saturated heterocycles. The third kappa shape index (κ3) is 4.43. The van der Waals surface area contributed by atoms with Gasteiger partial charge in [0.2, 0.25) is 0 Å². The molecule has 0 aromatic heterocycles. The molecular weight excluding hydrogens is 306 g/mol. The average molecular weight is 327 g/mol. The number of hydrogen-bond donors (Lipinski definition) is 2. The van der Waals surface area contributed by atoms with Gasteiger partial charge in [-0.25, -0.2) is 4.79 Å². The van der Waals surface area contributed by atoms with Crippen molar-refractivity contribution in [2.75, 3.05) is 5.32 Å². The van der Waals surface area contributed by atoms with E-state index in [0.717, 1.165) is 11.1 Å². The predicted octanol–water partition coefficient (Wildman–Crippen LogP) is 3.55. The highest BCUT2D eigenvalue weighted by Crippen LogP contribution is 2.21. The number of carboxylic acid groups (broad SMARTS) is 1. The number of anilines is 1. The van der Waals surface area contributed by atoms with Crippen molar-refractivity contribution in [1.29, 1.82) is 0 Å². The van der Waals surface area contributed by atoms with Crippen LogP contribution in [0.15, 0.2) is 42.5 Å². The predicted molar refractivity (Wildman–Crippen MR) is 92.2 cm³/mol. The molecule has 0 saturated carbocycles. The van der Waals surface area contributed by atoms with Gasteiger partial charge >= 0.3 is 5.97 Å². The lowest BCUT2D eigenvalue weighted by Crippen LogP contribution is -2.28. The zero-order valence-corrected chi connectivity index (χ0v) is 14.0. The summed E-state index contributed by atoms with van der Waals surface area (Å²) in [4.78, 5) is 23.5. The average Bonchev–Trinajstić information content (AvgIpc) is 2.55. The minimum Gasteiger partial charge on any atom is -0.478 e. The van der Waals surface area contributed by atoms with E-state index in [9.17, 15) is 14.7 Å². The van der Waals surface area contributed by atoms with Crippen LogP contribution in [0.1, 0.15) is 34.0 Å². The minimum atomic E-state index is -1.02. The van der Waals surface area contributed by atoms with Crippen LogP contribution in [-0.2, 0) is 16.1 Å². The highest BCUT2D eigenvalue weighted by atomic mass is 16.5. The second-order valence-corrected chi connectivity index (χ2v) is 5.72.